The van der Waals surface area contributed by atoms with Crippen molar-refractivity contribution in [2.24, 2.45) is 11.5 Å². The number of para-hydroxylation sites is 2. The van der Waals surface area contributed by atoms with Gasteiger partial charge in [-0.2, -0.15) is 0 Å². The van der Waals surface area contributed by atoms with E-state index in [9.17, 15) is 9.59 Å². The van der Waals surface area contributed by atoms with Crippen LogP contribution in [0.2, 0.25) is 0 Å². The molecule has 5 rings (SSSR count). The number of carbonyl (C=O) groups excluding carboxylic acids is 2. The number of fused-ring (bicyclic) bond motifs is 2. The molecule has 0 aliphatic rings. The first-order valence-electron chi connectivity index (χ1n) is 12.4. The van der Waals surface area contributed by atoms with Crippen molar-refractivity contribution in [3.8, 4) is 0 Å². The lowest BCUT2D eigenvalue weighted by Gasteiger charge is -2.21. The van der Waals surface area contributed by atoms with Crippen molar-refractivity contribution >= 4 is 65.2 Å². The number of anilines is 2. The third kappa shape index (κ3) is 5.44. The van der Waals surface area contributed by atoms with Gasteiger partial charge in [-0.3, -0.25) is 19.4 Å². The Labute approximate surface area is 228 Å². The number of benzene rings is 3. The summed E-state index contributed by atoms with van der Waals surface area (Å²) in [5.41, 5.74) is 14.0. The lowest BCUT2D eigenvalue weighted by Crippen LogP contribution is -2.34. The smallest absolute Gasteiger partial charge is 0.260 e. The van der Waals surface area contributed by atoms with Gasteiger partial charge in [0.2, 0.25) is 0 Å². The van der Waals surface area contributed by atoms with Gasteiger partial charge in [0.15, 0.2) is 10.3 Å². The minimum Gasteiger partial charge on any atom is -0.330 e. The van der Waals surface area contributed by atoms with Crippen molar-refractivity contribution < 1.29 is 9.59 Å². The molecule has 0 aliphatic heterocycles. The summed E-state index contributed by atoms with van der Waals surface area (Å²) >= 11 is 2.92. The molecule has 0 aliphatic carbocycles. The van der Waals surface area contributed by atoms with Crippen molar-refractivity contribution in [3.05, 3.63) is 83.9 Å². The van der Waals surface area contributed by atoms with Crippen molar-refractivity contribution in [3.63, 3.8) is 0 Å². The summed E-state index contributed by atoms with van der Waals surface area (Å²) < 4.78 is 2.01. The van der Waals surface area contributed by atoms with Gasteiger partial charge in [0.25, 0.3) is 11.8 Å². The van der Waals surface area contributed by atoms with Crippen molar-refractivity contribution in [1.29, 1.82) is 0 Å². The number of hydrogen-bond donors (Lipinski definition) is 2. The molecule has 2 amide bonds. The first-order valence-corrected chi connectivity index (χ1v) is 14.1. The summed E-state index contributed by atoms with van der Waals surface area (Å²) in [6.07, 6.45) is 1.26. The number of aromatic nitrogens is 2. The number of amides is 2. The molecule has 0 fully saturated rings. The van der Waals surface area contributed by atoms with E-state index >= 15 is 0 Å². The topological polar surface area (TPSA) is 118 Å². The van der Waals surface area contributed by atoms with E-state index in [1.807, 2.05) is 48.5 Å². The molecule has 10 heteroatoms. The molecular weight excluding hydrogens is 516 g/mol. The highest BCUT2D eigenvalue weighted by molar-refractivity contribution is 7.22. The van der Waals surface area contributed by atoms with E-state index in [2.05, 4.69) is 9.97 Å². The van der Waals surface area contributed by atoms with Crippen LogP contribution < -0.4 is 21.3 Å². The zero-order chi connectivity index (χ0) is 26.5. The Hall–Kier alpha value is -3.70. The Bertz CT molecular complexity index is 1400. The van der Waals surface area contributed by atoms with Crippen LogP contribution in [0.5, 0.6) is 0 Å². The summed E-state index contributed by atoms with van der Waals surface area (Å²) in [7, 11) is 0. The third-order valence-electron chi connectivity index (χ3n) is 6.05. The lowest BCUT2D eigenvalue weighted by molar-refractivity contribution is 0.0986. The molecule has 4 N–H and O–H groups in total. The van der Waals surface area contributed by atoms with Crippen LogP contribution in [-0.2, 0) is 0 Å². The maximum absolute atomic E-state index is 13.7. The molecule has 38 heavy (non-hydrogen) atoms. The van der Waals surface area contributed by atoms with E-state index in [0.717, 1.165) is 20.4 Å². The van der Waals surface area contributed by atoms with Crippen LogP contribution >= 0.6 is 22.7 Å². The van der Waals surface area contributed by atoms with Crippen molar-refractivity contribution in [2.75, 3.05) is 36.0 Å². The maximum atomic E-state index is 13.7. The van der Waals surface area contributed by atoms with Gasteiger partial charge >= 0.3 is 0 Å². The number of rotatable bonds is 10. The van der Waals surface area contributed by atoms with E-state index in [1.54, 1.807) is 34.1 Å². The van der Waals surface area contributed by atoms with Crippen LogP contribution in [0.3, 0.4) is 0 Å². The average Bonchev–Trinajstić information content (AvgIpc) is 3.57. The number of nitrogens with zero attached hydrogens (tertiary/aromatic N) is 4. The van der Waals surface area contributed by atoms with Gasteiger partial charge in [-0.15, -0.1) is 0 Å². The first kappa shape index (κ1) is 25.9. The fourth-order valence-corrected chi connectivity index (χ4v) is 6.09. The van der Waals surface area contributed by atoms with Gasteiger partial charge in [-0.25, -0.2) is 9.97 Å². The van der Waals surface area contributed by atoms with E-state index in [1.165, 1.54) is 22.7 Å². The molecule has 0 radical (unpaired) electrons. The molecule has 3 aromatic carbocycles. The van der Waals surface area contributed by atoms with E-state index < -0.39 is 0 Å². The summed E-state index contributed by atoms with van der Waals surface area (Å²) in [5.74, 6) is -0.443. The molecule has 2 heterocycles. The molecule has 0 saturated heterocycles. The van der Waals surface area contributed by atoms with Crippen LogP contribution in [0.15, 0.2) is 72.8 Å². The van der Waals surface area contributed by atoms with Crippen LogP contribution in [0, 0.1) is 0 Å². The zero-order valence-corrected chi connectivity index (χ0v) is 22.4. The second-order valence-corrected chi connectivity index (χ2v) is 10.7. The Morgan fingerprint density at radius 3 is 1.53 bits per heavy atom. The van der Waals surface area contributed by atoms with Crippen molar-refractivity contribution in [1.82, 2.24) is 9.97 Å². The summed E-state index contributed by atoms with van der Waals surface area (Å²) in [4.78, 5) is 40.1. The lowest BCUT2D eigenvalue weighted by atomic mass is 10.1. The third-order valence-corrected chi connectivity index (χ3v) is 8.16. The van der Waals surface area contributed by atoms with Crippen molar-refractivity contribution in [2.45, 2.75) is 12.8 Å². The second kappa shape index (κ2) is 11.8. The molecule has 0 saturated carbocycles. The van der Waals surface area contributed by atoms with E-state index in [0.29, 0.717) is 60.4 Å². The Morgan fingerprint density at radius 2 is 1.11 bits per heavy atom. The molecule has 194 valence electrons. The average molecular weight is 545 g/mol. The summed E-state index contributed by atoms with van der Waals surface area (Å²) in [5, 5.41) is 1.22. The quantitative estimate of drug-likeness (QED) is 0.258. The SMILES string of the molecule is NCCCN(C(=O)c1cccc(C(=O)N(CCCN)c2nc3ccccc3s2)c1)c1nc2ccccc2s1. The highest BCUT2D eigenvalue weighted by Crippen LogP contribution is 2.31. The van der Waals surface area contributed by atoms with Crippen LogP contribution in [0.4, 0.5) is 10.3 Å². The van der Waals surface area contributed by atoms with Gasteiger partial charge < -0.3 is 11.5 Å². The van der Waals surface area contributed by atoms with Crippen LogP contribution in [0.1, 0.15) is 33.6 Å². The molecule has 5 aromatic rings. The largest absolute Gasteiger partial charge is 0.330 e. The predicted octanol–water partition coefficient (Wildman–Crippen LogP) is 4.90. The van der Waals surface area contributed by atoms with Gasteiger partial charge in [0.1, 0.15) is 0 Å². The normalized spacial score (nSPS) is 11.2. The number of carbonyl (C=O) groups is 2. The Morgan fingerprint density at radius 1 is 0.658 bits per heavy atom. The standard InChI is InChI=1S/C28H28N6O2S2/c29-14-6-16-33(27-31-21-10-1-3-12-23(21)37-27)25(35)19-8-5-9-20(18-19)26(36)34(17-7-15-30)28-32-22-11-2-4-13-24(22)38-28/h1-5,8-13,18H,6-7,14-17,29-30H2. The minimum atomic E-state index is -0.222. The second-order valence-electron chi connectivity index (χ2n) is 8.71. The van der Waals surface area contributed by atoms with Crippen LogP contribution in [0.25, 0.3) is 20.4 Å². The maximum Gasteiger partial charge on any atom is 0.260 e. The van der Waals surface area contributed by atoms with Gasteiger partial charge in [-0.1, -0.05) is 53.0 Å². The van der Waals surface area contributed by atoms with Gasteiger partial charge in [0.05, 0.1) is 20.4 Å². The first-order chi connectivity index (χ1) is 18.6. The monoisotopic (exact) mass is 544 g/mol. The van der Waals surface area contributed by atoms with E-state index in [-0.39, 0.29) is 11.8 Å². The highest BCUT2D eigenvalue weighted by Gasteiger charge is 2.25. The van der Waals surface area contributed by atoms with Gasteiger partial charge in [-0.05, 0) is 68.4 Å². The fourth-order valence-electron chi connectivity index (χ4n) is 4.11. The zero-order valence-electron chi connectivity index (χ0n) is 20.7. The summed E-state index contributed by atoms with van der Waals surface area (Å²) in [6.45, 7) is 1.76. The molecule has 0 spiro atoms. The molecule has 0 unspecified atom stereocenters. The predicted molar refractivity (Wildman–Crippen MR) is 156 cm³/mol. The highest BCUT2D eigenvalue weighted by atomic mass is 32.1. The fraction of sp³-hybridized carbons (Fsp3) is 0.214. The Kier molecular flexibility index (Phi) is 8.04. The molecule has 0 atom stereocenters. The van der Waals surface area contributed by atoms with Crippen LogP contribution in [-0.4, -0.2) is 48.0 Å². The van der Waals surface area contributed by atoms with Gasteiger partial charge in [0, 0.05) is 24.2 Å². The molecule has 8 nitrogen and oxygen atoms in total. The molecule has 2 aromatic heterocycles. The number of thiazole rings is 2. The number of hydrogen-bond acceptors (Lipinski definition) is 8. The minimum absolute atomic E-state index is 0.222. The Balaban J connectivity index is 1.46. The van der Waals surface area contributed by atoms with E-state index in [4.69, 9.17) is 11.5 Å². The number of nitrogens with two attached hydrogens (primary N) is 2. The summed E-state index contributed by atoms with van der Waals surface area (Å²) in [6, 6.07) is 22.4. The molecule has 0 bridgehead atoms. The molecular formula is C28H28N6O2S2.